The second kappa shape index (κ2) is 5.98. The molecule has 0 spiro atoms. The van der Waals surface area contributed by atoms with Crippen molar-refractivity contribution in [3.8, 4) is 0 Å². The highest BCUT2D eigenvalue weighted by atomic mass is 35.5. The average molecular weight is 257 g/mol. The summed E-state index contributed by atoms with van der Waals surface area (Å²) in [6.07, 6.45) is 2.71. The van der Waals surface area contributed by atoms with Crippen LogP contribution in [0.3, 0.4) is 0 Å². The zero-order valence-electron chi connectivity index (χ0n) is 10.0. The maximum absolute atomic E-state index is 11.9. The number of hydrogen-bond donors (Lipinski definition) is 2. The topological polar surface area (TPSA) is 62.2 Å². The van der Waals surface area contributed by atoms with E-state index in [9.17, 15) is 4.79 Å². The van der Waals surface area contributed by atoms with Crippen LogP contribution < -0.4 is 5.32 Å². The minimum atomic E-state index is -0.397. The van der Waals surface area contributed by atoms with Gasteiger partial charge in [-0.15, -0.1) is 0 Å². The van der Waals surface area contributed by atoms with Crippen molar-refractivity contribution in [1.29, 1.82) is 0 Å². The minimum Gasteiger partial charge on any atom is -0.396 e. The fourth-order valence-corrected chi connectivity index (χ4v) is 1.54. The van der Waals surface area contributed by atoms with Crippen LogP contribution >= 0.6 is 11.6 Å². The average Bonchev–Trinajstić information content (AvgIpc) is 2.30. The molecule has 94 valence electrons. The highest BCUT2D eigenvalue weighted by Gasteiger charge is 2.24. The highest BCUT2D eigenvalue weighted by Crippen LogP contribution is 2.15. The Morgan fingerprint density at radius 3 is 2.76 bits per heavy atom. The second-order valence-corrected chi connectivity index (χ2v) is 4.60. The molecule has 0 bridgehead atoms. The summed E-state index contributed by atoms with van der Waals surface area (Å²) in [6.45, 7) is 3.92. The van der Waals surface area contributed by atoms with Crippen molar-refractivity contribution in [3.05, 3.63) is 29.0 Å². The Kier molecular flexibility index (Phi) is 4.90. The lowest BCUT2D eigenvalue weighted by atomic mass is 9.94. The first-order valence-electron chi connectivity index (χ1n) is 5.55. The van der Waals surface area contributed by atoms with E-state index in [1.165, 1.54) is 6.20 Å². The Bertz CT molecular complexity index is 381. The van der Waals surface area contributed by atoms with E-state index in [1.54, 1.807) is 12.1 Å². The highest BCUT2D eigenvalue weighted by molar-refractivity contribution is 6.29. The third-order valence-electron chi connectivity index (χ3n) is 2.85. The molecule has 2 N–H and O–H groups in total. The van der Waals surface area contributed by atoms with Gasteiger partial charge in [0.15, 0.2) is 0 Å². The van der Waals surface area contributed by atoms with Gasteiger partial charge < -0.3 is 10.4 Å². The summed E-state index contributed by atoms with van der Waals surface area (Å²) in [4.78, 5) is 15.8. The van der Waals surface area contributed by atoms with Gasteiger partial charge in [-0.1, -0.05) is 18.5 Å². The third-order valence-corrected chi connectivity index (χ3v) is 3.07. The monoisotopic (exact) mass is 256 g/mol. The van der Waals surface area contributed by atoms with Crippen LogP contribution in [0.25, 0.3) is 0 Å². The van der Waals surface area contributed by atoms with Gasteiger partial charge in [-0.25, -0.2) is 4.98 Å². The largest absolute Gasteiger partial charge is 0.396 e. The Morgan fingerprint density at radius 1 is 1.59 bits per heavy atom. The molecule has 4 nitrogen and oxygen atoms in total. The van der Waals surface area contributed by atoms with Crippen molar-refractivity contribution >= 4 is 17.5 Å². The number of aliphatic hydroxyl groups excluding tert-OH is 1. The molecule has 17 heavy (non-hydrogen) atoms. The molecule has 0 fully saturated rings. The van der Waals surface area contributed by atoms with E-state index in [0.29, 0.717) is 17.1 Å². The van der Waals surface area contributed by atoms with Gasteiger partial charge in [0.2, 0.25) is 0 Å². The van der Waals surface area contributed by atoms with Crippen LogP contribution in [0, 0.1) is 0 Å². The van der Waals surface area contributed by atoms with Gasteiger partial charge in [-0.05, 0) is 31.9 Å². The number of nitrogens with zero attached hydrogens (tertiary/aromatic N) is 1. The predicted octanol–water partition coefficient (Wildman–Crippen LogP) is 2.02. The van der Waals surface area contributed by atoms with Crippen LogP contribution in [0.15, 0.2) is 18.3 Å². The molecule has 0 saturated heterocycles. The predicted molar refractivity (Wildman–Crippen MR) is 67.1 cm³/mol. The second-order valence-electron chi connectivity index (χ2n) is 4.21. The molecule has 0 aliphatic heterocycles. The molecule has 0 radical (unpaired) electrons. The maximum atomic E-state index is 11.9. The summed E-state index contributed by atoms with van der Waals surface area (Å²) in [5.74, 6) is -0.202. The Hall–Kier alpha value is -1.13. The van der Waals surface area contributed by atoms with Gasteiger partial charge in [0, 0.05) is 18.3 Å². The normalized spacial score (nSPS) is 14.1. The van der Waals surface area contributed by atoms with Crippen LogP contribution in [-0.4, -0.2) is 28.1 Å². The quantitative estimate of drug-likeness (QED) is 0.793. The summed E-state index contributed by atoms with van der Waals surface area (Å²) in [6, 6.07) is 3.20. The van der Waals surface area contributed by atoms with E-state index in [2.05, 4.69) is 10.3 Å². The van der Waals surface area contributed by atoms with Crippen LogP contribution in [0.5, 0.6) is 0 Å². The number of amides is 1. The van der Waals surface area contributed by atoms with E-state index in [1.807, 2.05) is 13.8 Å². The molecule has 0 aliphatic rings. The van der Waals surface area contributed by atoms with Crippen LogP contribution in [0.1, 0.15) is 37.0 Å². The number of rotatable bonds is 5. The van der Waals surface area contributed by atoms with Gasteiger partial charge in [0.05, 0.1) is 5.56 Å². The van der Waals surface area contributed by atoms with Crippen molar-refractivity contribution in [2.24, 2.45) is 0 Å². The first kappa shape index (κ1) is 13.9. The zero-order chi connectivity index (χ0) is 12.9. The van der Waals surface area contributed by atoms with Crippen molar-refractivity contribution in [1.82, 2.24) is 10.3 Å². The summed E-state index contributed by atoms with van der Waals surface area (Å²) < 4.78 is 0. The molecular weight excluding hydrogens is 240 g/mol. The van der Waals surface area contributed by atoms with Crippen molar-refractivity contribution in [2.45, 2.75) is 32.2 Å². The maximum Gasteiger partial charge on any atom is 0.253 e. The number of carbonyl (C=O) groups is 1. The molecule has 1 atom stereocenters. The summed E-state index contributed by atoms with van der Waals surface area (Å²) in [5, 5.41) is 12.2. The van der Waals surface area contributed by atoms with Crippen molar-refractivity contribution in [3.63, 3.8) is 0 Å². The summed E-state index contributed by atoms with van der Waals surface area (Å²) >= 11 is 5.65. The molecule has 1 aromatic rings. The van der Waals surface area contributed by atoms with Crippen molar-refractivity contribution in [2.75, 3.05) is 6.61 Å². The number of carbonyl (C=O) groups excluding carboxylic acids is 1. The zero-order valence-corrected chi connectivity index (χ0v) is 10.8. The number of aliphatic hydroxyl groups is 1. The number of halogens is 1. The van der Waals surface area contributed by atoms with Crippen molar-refractivity contribution < 1.29 is 9.90 Å². The fraction of sp³-hybridized carbons (Fsp3) is 0.500. The van der Waals surface area contributed by atoms with Gasteiger partial charge in [0.1, 0.15) is 5.15 Å². The number of aromatic nitrogens is 1. The number of pyridine rings is 1. The Labute approximate surface area is 106 Å². The molecule has 1 heterocycles. The SMILES string of the molecule is CCC(C)(CCO)NC(=O)c1ccc(Cl)nc1. The van der Waals surface area contributed by atoms with Crippen LogP contribution in [0.4, 0.5) is 0 Å². The number of hydrogen-bond acceptors (Lipinski definition) is 3. The van der Waals surface area contributed by atoms with Crippen LogP contribution in [0.2, 0.25) is 5.15 Å². The van der Waals surface area contributed by atoms with E-state index < -0.39 is 5.54 Å². The lowest BCUT2D eigenvalue weighted by Gasteiger charge is -2.28. The number of nitrogens with one attached hydrogen (secondary N) is 1. The van der Waals surface area contributed by atoms with Gasteiger partial charge in [0.25, 0.3) is 5.91 Å². The fourth-order valence-electron chi connectivity index (χ4n) is 1.43. The Morgan fingerprint density at radius 2 is 2.29 bits per heavy atom. The molecule has 1 rings (SSSR count). The smallest absolute Gasteiger partial charge is 0.253 e. The van der Waals surface area contributed by atoms with Gasteiger partial charge in [-0.3, -0.25) is 4.79 Å². The van der Waals surface area contributed by atoms with Gasteiger partial charge >= 0.3 is 0 Å². The molecule has 5 heteroatoms. The van der Waals surface area contributed by atoms with E-state index >= 15 is 0 Å². The van der Waals surface area contributed by atoms with Crippen LogP contribution in [-0.2, 0) is 0 Å². The molecule has 1 amide bonds. The van der Waals surface area contributed by atoms with E-state index in [4.69, 9.17) is 16.7 Å². The molecular formula is C12H17ClN2O2. The Balaban J connectivity index is 2.74. The molecule has 1 unspecified atom stereocenters. The van der Waals surface area contributed by atoms with Gasteiger partial charge in [-0.2, -0.15) is 0 Å². The summed E-state index contributed by atoms with van der Waals surface area (Å²) in [5.41, 5.74) is 0.0675. The first-order valence-corrected chi connectivity index (χ1v) is 5.93. The minimum absolute atomic E-state index is 0.0451. The van der Waals surface area contributed by atoms with E-state index in [0.717, 1.165) is 6.42 Å². The molecule has 0 aliphatic carbocycles. The lowest BCUT2D eigenvalue weighted by molar-refractivity contribution is 0.0886. The first-order chi connectivity index (χ1) is 8.00. The standard InChI is InChI=1S/C12H17ClN2O2/c1-3-12(2,6-7-16)15-11(17)9-4-5-10(13)14-8-9/h4-5,8,16H,3,6-7H2,1-2H3,(H,15,17). The van der Waals surface area contributed by atoms with E-state index in [-0.39, 0.29) is 12.5 Å². The summed E-state index contributed by atoms with van der Waals surface area (Å²) in [7, 11) is 0. The molecule has 1 aromatic heterocycles. The third kappa shape index (κ3) is 3.98. The molecule has 0 saturated carbocycles. The lowest BCUT2D eigenvalue weighted by Crippen LogP contribution is -2.46. The molecule has 0 aromatic carbocycles.